The first-order valence-electron chi connectivity index (χ1n) is 7.14. The van der Waals surface area contributed by atoms with Crippen LogP contribution >= 0.6 is 24.0 Å². The number of fused-ring (bicyclic) bond motifs is 1. The lowest BCUT2D eigenvalue weighted by atomic mass is 10.0. The van der Waals surface area contributed by atoms with Crippen molar-refractivity contribution < 1.29 is 14.8 Å². The third-order valence-electron chi connectivity index (χ3n) is 3.52. The molecule has 2 aromatic rings. The number of nitro groups is 1. The maximum Gasteiger partial charge on any atom is 0.326 e. The van der Waals surface area contributed by atoms with Crippen molar-refractivity contribution in [2.24, 2.45) is 0 Å². The third-order valence-corrected chi connectivity index (χ3v) is 4.50. The summed E-state index contributed by atoms with van der Waals surface area (Å²) in [5.41, 5.74) is 0.383. The average Bonchev–Trinajstić information content (AvgIpc) is 2.56. The number of non-ortho nitro benzene ring substituents is 1. The Morgan fingerprint density at radius 1 is 1.42 bits per heavy atom. The second-order valence-electron chi connectivity index (χ2n) is 5.12. The van der Waals surface area contributed by atoms with E-state index in [1.807, 2.05) is 12.3 Å². The van der Waals surface area contributed by atoms with E-state index in [-0.39, 0.29) is 10.7 Å². The molecule has 2 aromatic carbocycles. The molecule has 8 heteroatoms. The highest BCUT2D eigenvalue weighted by Crippen LogP contribution is 2.26. The molecule has 0 unspecified atom stereocenters. The summed E-state index contributed by atoms with van der Waals surface area (Å²) in [4.78, 5) is 22.2. The molecule has 0 amide bonds. The molecule has 0 saturated heterocycles. The topological polar surface area (TPSA) is 92.5 Å². The fraction of sp³-hybridized carbons (Fsp3) is 0.250. The van der Waals surface area contributed by atoms with Crippen LogP contribution in [0.15, 0.2) is 36.4 Å². The maximum atomic E-state index is 11.4. The number of benzene rings is 2. The molecule has 0 heterocycles. The van der Waals surface area contributed by atoms with Crippen LogP contribution in [0.1, 0.15) is 12.0 Å². The zero-order valence-corrected chi connectivity index (χ0v) is 14.5. The number of rotatable bonds is 7. The Balaban J connectivity index is 2.40. The molecular formula is C16H16N2O4S2. The van der Waals surface area contributed by atoms with Crippen molar-refractivity contribution in [3.8, 4) is 0 Å². The normalized spacial score (nSPS) is 11.9. The standard InChI is InChI=1S/C16H16N2O4S2/c1-24-7-6-14(16(19)20)17-15(23)13-9-11(18(21)22)8-10-4-2-3-5-12(10)13/h2-5,8-9,14H,6-7H2,1H3,(H,17,23)(H,19,20)/t14-/m0/s1. The number of carboxylic acids is 1. The van der Waals surface area contributed by atoms with Gasteiger partial charge in [0.05, 0.1) is 4.92 Å². The molecule has 0 aliphatic carbocycles. The maximum absolute atomic E-state index is 11.4. The van der Waals surface area contributed by atoms with Gasteiger partial charge in [-0.15, -0.1) is 0 Å². The molecule has 0 spiro atoms. The Kier molecular flexibility index (Phi) is 6.10. The van der Waals surface area contributed by atoms with E-state index in [1.165, 1.54) is 12.1 Å². The molecule has 0 saturated carbocycles. The molecule has 2 rings (SSSR count). The van der Waals surface area contributed by atoms with Gasteiger partial charge in [-0.3, -0.25) is 10.1 Å². The van der Waals surface area contributed by atoms with Gasteiger partial charge in [-0.05, 0) is 29.2 Å². The van der Waals surface area contributed by atoms with Crippen molar-refractivity contribution in [3.05, 3.63) is 52.1 Å². The predicted molar refractivity (Wildman–Crippen MR) is 99.9 cm³/mol. The Bertz CT molecular complexity index is 795. The van der Waals surface area contributed by atoms with Crippen LogP contribution in [0.4, 0.5) is 5.69 Å². The average molecular weight is 364 g/mol. The molecule has 1 atom stereocenters. The first-order chi connectivity index (χ1) is 11.4. The molecule has 0 aromatic heterocycles. The van der Waals surface area contributed by atoms with Crippen LogP contribution in [-0.2, 0) is 4.79 Å². The first kappa shape index (κ1) is 18.2. The first-order valence-corrected chi connectivity index (χ1v) is 8.94. The third kappa shape index (κ3) is 4.21. The zero-order chi connectivity index (χ0) is 17.7. The molecule has 0 fully saturated rings. The highest BCUT2D eigenvalue weighted by molar-refractivity contribution is 7.98. The summed E-state index contributed by atoms with van der Waals surface area (Å²) in [6, 6.07) is 9.18. The molecule has 0 bridgehead atoms. The summed E-state index contributed by atoms with van der Waals surface area (Å²) in [7, 11) is 0. The van der Waals surface area contributed by atoms with Crippen LogP contribution in [0.2, 0.25) is 0 Å². The molecule has 126 valence electrons. The number of nitrogens with zero attached hydrogens (tertiary/aromatic N) is 1. The fourth-order valence-electron chi connectivity index (χ4n) is 2.32. The summed E-state index contributed by atoms with van der Waals surface area (Å²) < 4.78 is 0. The Labute approximate surface area is 148 Å². The number of thiocarbonyl (C=S) groups is 1. The molecule has 0 aliphatic heterocycles. The van der Waals surface area contributed by atoms with Crippen molar-refractivity contribution in [1.29, 1.82) is 0 Å². The van der Waals surface area contributed by atoms with E-state index < -0.39 is 16.9 Å². The predicted octanol–water partition coefficient (Wildman–Crippen LogP) is 3.22. The van der Waals surface area contributed by atoms with Crippen molar-refractivity contribution in [2.45, 2.75) is 12.5 Å². The SMILES string of the molecule is CSCC[C@H](NC(=S)c1cc([N+](=O)[O-])cc2ccccc12)C(=O)O. The van der Waals surface area contributed by atoms with Gasteiger partial charge in [0.2, 0.25) is 0 Å². The van der Waals surface area contributed by atoms with Crippen LogP contribution in [0.5, 0.6) is 0 Å². The Hall–Kier alpha value is -2.19. The summed E-state index contributed by atoms with van der Waals surface area (Å²) in [5, 5.41) is 24.7. The number of carbonyl (C=O) groups is 1. The molecule has 2 N–H and O–H groups in total. The van der Waals surface area contributed by atoms with E-state index in [0.717, 1.165) is 5.39 Å². The lowest BCUT2D eigenvalue weighted by Crippen LogP contribution is -2.40. The quantitative estimate of drug-likeness (QED) is 0.443. The number of carboxylic acid groups (broad SMARTS) is 1. The van der Waals surface area contributed by atoms with E-state index in [4.69, 9.17) is 12.2 Å². The van der Waals surface area contributed by atoms with Crippen LogP contribution in [0, 0.1) is 10.1 Å². The van der Waals surface area contributed by atoms with Gasteiger partial charge in [0.25, 0.3) is 5.69 Å². The van der Waals surface area contributed by atoms with Gasteiger partial charge < -0.3 is 10.4 Å². The smallest absolute Gasteiger partial charge is 0.326 e. The van der Waals surface area contributed by atoms with Crippen molar-refractivity contribution in [3.63, 3.8) is 0 Å². The van der Waals surface area contributed by atoms with Gasteiger partial charge in [0.1, 0.15) is 11.0 Å². The lowest BCUT2D eigenvalue weighted by Gasteiger charge is -2.17. The van der Waals surface area contributed by atoms with Gasteiger partial charge >= 0.3 is 5.97 Å². The van der Waals surface area contributed by atoms with Crippen molar-refractivity contribution >= 4 is 51.4 Å². The summed E-state index contributed by atoms with van der Waals surface area (Å²) >= 11 is 6.88. The van der Waals surface area contributed by atoms with Crippen LogP contribution in [-0.4, -0.2) is 39.0 Å². The minimum atomic E-state index is -0.999. The van der Waals surface area contributed by atoms with E-state index in [9.17, 15) is 20.0 Å². The minimum absolute atomic E-state index is 0.0798. The molecule has 0 aliphatic rings. The van der Waals surface area contributed by atoms with Crippen LogP contribution in [0.3, 0.4) is 0 Å². The van der Waals surface area contributed by atoms with Gasteiger partial charge in [-0.1, -0.05) is 36.5 Å². The summed E-state index contributed by atoms with van der Waals surface area (Å²) in [5.74, 6) is -0.330. The van der Waals surface area contributed by atoms with E-state index in [2.05, 4.69) is 5.32 Å². The largest absolute Gasteiger partial charge is 0.480 e. The van der Waals surface area contributed by atoms with Crippen LogP contribution in [0.25, 0.3) is 10.8 Å². The van der Waals surface area contributed by atoms with E-state index in [1.54, 1.807) is 30.0 Å². The van der Waals surface area contributed by atoms with Crippen LogP contribution < -0.4 is 5.32 Å². The van der Waals surface area contributed by atoms with Gasteiger partial charge in [-0.25, -0.2) is 4.79 Å². The molecular weight excluding hydrogens is 348 g/mol. The Morgan fingerprint density at radius 2 is 2.12 bits per heavy atom. The number of hydrogen-bond donors (Lipinski definition) is 2. The van der Waals surface area contributed by atoms with E-state index in [0.29, 0.717) is 23.1 Å². The monoisotopic (exact) mass is 364 g/mol. The number of nitro benzene ring substituents is 1. The second-order valence-corrected chi connectivity index (χ2v) is 6.51. The van der Waals surface area contributed by atoms with Gasteiger partial charge in [-0.2, -0.15) is 11.8 Å². The van der Waals surface area contributed by atoms with Gasteiger partial charge in [0, 0.05) is 17.7 Å². The summed E-state index contributed by atoms with van der Waals surface area (Å²) in [6.07, 6.45) is 2.30. The number of aliphatic carboxylic acids is 1. The van der Waals surface area contributed by atoms with E-state index >= 15 is 0 Å². The highest BCUT2D eigenvalue weighted by atomic mass is 32.2. The molecule has 0 radical (unpaired) electrons. The Morgan fingerprint density at radius 3 is 2.75 bits per heavy atom. The summed E-state index contributed by atoms with van der Waals surface area (Å²) in [6.45, 7) is 0. The number of hydrogen-bond acceptors (Lipinski definition) is 5. The van der Waals surface area contributed by atoms with Crippen molar-refractivity contribution in [1.82, 2.24) is 5.32 Å². The van der Waals surface area contributed by atoms with Crippen molar-refractivity contribution in [2.75, 3.05) is 12.0 Å². The lowest BCUT2D eigenvalue weighted by molar-refractivity contribution is -0.384. The molecule has 24 heavy (non-hydrogen) atoms. The van der Waals surface area contributed by atoms with Gasteiger partial charge in [0.15, 0.2) is 0 Å². The highest BCUT2D eigenvalue weighted by Gasteiger charge is 2.21. The number of thioether (sulfide) groups is 1. The fourth-order valence-corrected chi connectivity index (χ4v) is 3.10. The molecule has 6 nitrogen and oxygen atoms in total. The minimum Gasteiger partial charge on any atom is -0.480 e. The second kappa shape index (κ2) is 8.07. The number of nitrogens with one attached hydrogen (secondary N) is 1. The zero-order valence-electron chi connectivity index (χ0n) is 12.9.